The van der Waals surface area contributed by atoms with Crippen LogP contribution in [0.4, 0.5) is 0 Å². The lowest BCUT2D eigenvalue weighted by Crippen LogP contribution is -2.30. The standard InChI is InChI=1S/C18H18N2O4/c1-3-13(21)15-16(14-7-6-11(2)24-14)20(18(23)17(15)22)10-12-5-4-8-19-9-12/h4-9,16,22H,3,10H2,1-2H3. The van der Waals surface area contributed by atoms with Gasteiger partial charge in [0, 0.05) is 25.4 Å². The Bertz CT molecular complexity index is 807. The molecule has 1 N–H and O–H groups in total. The molecule has 3 rings (SSSR count). The van der Waals surface area contributed by atoms with Crippen molar-refractivity contribution in [3.8, 4) is 0 Å². The van der Waals surface area contributed by atoms with Gasteiger partial charge in [-0.3, -0.25) is 14.6 Å². The smallest absolute Gasteiger partial charge is 0.290 e. The molecular formula is C18H18N2O4. The Morgan fingerprint density at radius 2 is 2.17 bits per heavy atom. The Morgan fingerprint density at radius 1 is 1.38 bits per heavy atom. The molecule has 24 heavy (non-hydrogen) atoms. The summed E-state index contributed by atoms with van der Waals surface area (Å²) in [5.74, 6) is -0.202. The van der Waals surface area contributed by atoms with Crippen LogP contribution in [0.2, 0.25) is 0 Å². The number of Topliss-reactive ketones (excluding diaryl/α,β-unsaturated/α-hetero) is 1. The first-order chi connectivity index (χ1) is 11.5. The van der Waals surface area contributed by atoms with Gasteiger partial charge in [-0.15, -0.1) is 0 Å². The molecule has 0 saturated heterocycles. The Labute approximate surface area is 139 Å². The predicted molar refractivity (Wildman–Crippen MR) is 85.9 cm³/mol. The zero-order valence-corrected chi connectivity index (χ0v) is 13.5. The molecule has 0 bridgehead atoms. The molecule has 1 aliphatic rings. The van der Waals surface area contributed by atoms with Crippen molar-refractivity contribution in [1.82, 2.24) is 9.88 Å². The third-order valence-corrected chi connectivity index (χ3v) is 4.03. The number of hydrogen-bond donors (Lipinski definition) is 1. The van der Waals surface area contributed by atoms with Crippen molar-refractivity contribution in [2.45, 2.75) is 32.9 Å². The van der Waals surface area contributed by atoms with Crippen LogP contribution in [0.5, 0.6) is 0 Å². The van der Waals surface area contributed by atoms with E-state index in [4.69, 9.17) is 4.42 Å². The minimum absolute atomic E-state index is 0.0979. The van der Waals surface area contributed by atoms with Crippen molar-refractivity contribution >= 4 is 11.7 Å². The fourth-order valence-corrected chi connectivity index (χ4v) is 2.88. The molecular weight excluding hydrogens is 308 g/mol. The van der Waals surface area contributed by atoms with Crippen LogP contribution in [0.15, 0.2) is 52.4 Å². The van der Waals surface area contributed by atoms with Crippen LogP contribution in [0, 0.1) is 6.92 Å². The second kappa shape index (κ2) is 6.31. The molecule has 124 valence electrons. The van der Waals surface area contributed by atoms with E-state index >= 15 is 0 Å². The van der Waals surface area contributed by atoms with Gasteiger partial charge in [0.05, 0.1) is 5.57 Å². The van der Waals surface area contributed by atoms with E-state index in [1.54, 1.807) is 44.4 Å². The van der Waals surface area contributed by atoms with E-state index in [-0.39, 0.29) is 24.3 Å². The largest absolute Gasteiger partial charge is 0.503 e. The molecule has 0 radical (unpaired) electrons. The van der Waals surface area contributed by atoms with E-state index < -0.39 is 17.7 Å². The number of aliphatic hydroxyl groups is 1. The third-order valence-electron chi connectivity index (χ3n) is 4.03. The first-order valence-corrected chi connectivity index (χ1v) is 7.75. The number of carbonyl (C=O) groups excluding carboxylic acids is 2. The summed E-state index contributed by atoms with van der Waals surface area (Å²) in [7, 11) is 0. The Morgan fingerprint density at radius 3 is 2.75 bits per heavy atom. The van der Waals surface area contributed by atoms with Gasteiger partial charge >= 0.3 is 0 Å². The van der Waals surface area contributed by atoms with Crippen molar-refractivity contribution < 1.29 is 19.1 Å². The number of hydrogen-bond acceptors (Lipinski definition) is 5. The molecule has 6 heteroatoms. The van der Waals surface area contributed by atoms with E-state index in [1.807, 2.05) is 6.07 Å². The monoisotopic (exact) mass is 326 g/mol. The Hall–Kier alpha value is -2.89. The molecule has 0 spiro atoms. The van der Waals surface area contributed by atoms with Crippen molar-refractivity contribution in [3.05, 3.63) is 65.1 Å². The number of pyridine rings is 1. The number of ketones is 1. The lowest BCUT2D eigenvalue weighted by molar-refractivity contribution is -0.130. The number of aliphatic hydroxyl groups excluding tert-OH is 1. The van der Waals surface area contributed by atoms with Crippen LogP contribution in [-0.4, -0.2) is 26.7 Å². The summed E-state index contributed by atoms with van der Waals surface area (Å²) in [6.45, 7) is 3.71. The molecule has 0 aliphatic carbocycles. The van der Waals surface area contributed by atoms with E-state index in [1.165, 1.54) is 4.90 Å². The number of amides is 1. The van der Waals surface area contributed by atoms with Gasteiger partial charge in [0.25, 0.3) is 5.91 Å². The zero-order chi connectivity index (χ0) is 17.3. The number of aryl methyl sites for hydroxylation is 1. The molecule has 0 aromatic carbocycles. The Kier molecular flexibility index (Phi) is 4.20. The SMILES string of the molecule is CCC(=O)C1=C(O)C(=O)N(Cc2cccnc2)C1c1ccc(C)o1. The van der Waals surface area contributed by atoms with Crippen LogP contribution < -0.4 is 0 Å². The first kappa shape index (κ1) is 16.0. The van der Waals surface area contributed by atoms with Crippen LogP contribution >= 0.6 is 0 Å². The van der Waals surface area contributed by atoms with E-state index in [0.29, 0.717) is 11.5 Å². The second-order valence-corrected chi connectivity index (χ2v) is 5.68. The summed E-state index contributed by atoms with van der Waals surface area (Å²) in [5, 5.41) is 10.3. The maximum absolute atomic E-state index is 12.5. The first-order valence-electron chi connectivity index (χ1n) is 7.75. The summed E-state index contributed by atoms with van der Waals surface area (Å²) in [4.78, 5) is 30.3. The molecule has 2 aromatic heterocycles. The van der Waals surface area contributed by atoms with Gasteiger partial charge in [-0.05, 0) is 30.7 Å². The number of carbonyl (C=O) groups is 2. The average Bonchev–Trinajstić information content (AvgIpc) is 3.12. The third kappa shape index (κ3) is 2.71. The van der Waals surface area contributed by atoms with Crippen molar-refractivity contribution in [2.75, 3.05) is 0 Å². The topological polar surface area (TPSA) is 83.6 Å². The lowest BCUT2D eigenvalue weighted by Gasteiger charge is -2.24. The number of nitrogens with zero attached hydrogens (tertiary/aromatic N) is 2. The molecule has 2 aromatic rings. The van der Waals surface area contributed by atoms with Gasteiger partial charge in [0.15, 0.2) is 11.5 Å². The molecule has 1 amide bonds. The summed E-state index contributed by atoms with van der Waals surface area (Å²) < 4.78 is 5.65. The van der Waals surface area contributed by atoms with Crippen molar-refractivity contribution in [2.24, 2.45) is 0 Å². The highest BCUT2D eigenvalue weighted by Crippen LogP contribution is 2.39. The van der Waals surface area contributed by atoms with Crippen LogP contribution in [-0.2, 0) is 16.1 Å². The summed E-state index contributed by atoms with van der Waals surface area (Å²) in [6, 6.07) is 6.38. The lowest BCUT2D eigenvalue weighted by atomic mass is 9.99. The number of furan rings is 1. The van der Waals surface area contributed by atoms with Gasteiger partial charge in [-0.1, -0.05) is 13.0 Å². The van der Waals surface area contributed by atoms with Crippen LogP contribution in [0.25, 0.3) is 0 Å². The second-order valence-electron chi connectivity index (χ2n) is 5.68. The fourth-order valence-electron chi connectivity index (χ4n) is 2.88. The highest BCUT2D eigenvalue weighted by Gasteiger charge is 2.44. The molecule has 1 aliphatic heterocycles. The number of aromatic nitrogens is 1. The minimum atomic E-state index is -0.723. The predicted octanol–water partition coefficient (Wildman–Crippen LogP) is 2.86. The highest BCUT2D eigenvalue weighted by molar-refractivity contribution is 6.08. The molecule has 0 fully saturated rings. The molecule has 1 unspecified atom stereocenters. The van der Waals surface area contributed by atoms with Crippen molar-refractivity contribution in [1.29, 1.82) is 0 Å². The van der Waals surface area contributed by atoms with Crippen LogP contribution in [0.3, 0.4) is 0 Å². The molecule has 3 heterocycles. The van der Waals surface area contributed by atoms with Gasteiger partial charge in [-0.25, -0.2) is 0 Å². The average molecular weight is 326 g/mol. The van der Waals surface area contributed by atoms with Gasteiger partial charge < -0.3 is 14.4 Å². The maximum atomic E-state index is 12.5. The maximum Gasteiger partial charge on any atom is 0.290 e. The minimum Gasteiger partial charge on any atom is -0.503 e. The highest BCUT2D eigenvalue weighted by atomic mass is 16.3. The normalized spacial score (nSPS) is 17.7. The van der Waals surface area contributed by atoms with Crippen LogP contribution in [0.1, 0.15) is 36.5 Å². The molecule has 6 nitrogen and oxygen atoms in total. The van der Waals surface area contributed by atoms with E-state index in [2.05, 4.69) is 4.98 Å². The molecule has 1 atom stereocenters. The van der Waals surface area contributed by atoms with Gasteiger partial charge in [0.2, 0.25) is 0 Å². The number of rotatable bonds is 5. The zero-order valence-electron chi connectivity index (χ0n) is 13.5. The quantitative estimate of drug-likeness (QED) is 0.913. The fraction of sp³-hybridized carbons (Fsp3) is 0.278. The van der Waals surface area contributed by atoms with Crippen molar-refractivity contribution in [3.63, 3.8) is 0 Å². The summed E-state index contributed by atoms with van der Waals surface area (Å²) in [6.07, 6.45) is 3.49. The van der Waals surface area contributed by atoms with Gasteiger partial charge in [0.1, 0.15) is 17.6 Å². The summed E-state index contributed by atoms with van der Waals surface area (Å²) >= 11 is 0. The Balaban J connectivity index is 2.04. The summed E-state index contributed by atoms with van der Waals surface area (Å²) in [5.41, 5.74) is 0.901. The van der Waals surface area contributed by atoms with E-state index in [9.17, 15) is 14.7 Å². The van der Waals surface area contributed by atoms with Gasteiger partial charge in [-0.2, -0.15) is 0 Å². The molecule has 0 saturated carbocycles. The van der Waals surface area contributed by atoms with E-state index in [0.717, 1.165) is 5.56 Å².